The van der Waals surface area contributed by atoms with Crippen molar-refractivity contribution >= 4 is 38.4 Å². The van der Waals surface area contributed by atoms with E-state index in [0.29, 0.717) is 5.88 Å². The van der Waals surface area contributed by atoms with Crippen molar-refractivity contribution < 1.29 is 0 Å². The van der Waals surface area contributed by atoms with Crippen molar-refractivity contribution in [2.24, 2.45) is 0 Å². The van der Waals surface area contributed by atoms with Crippen LogP contribution in [0.15, 0.2) is 34.9 Å². The molecule has 0 bridgehead atoms. The molecule has 0 aliphatic heterocycles. The van der Waals surface area contributed by atoms with Crippen LogP contribution in [0.5, 0.6) is 0 Å². The van der Waals surface area contributed by atoms with Crippen LogP contribution in [0.3, 0.4) is 0 Å². The Kier molecular flexibility index (Phi) is 2.51. The maximum Gasteiger partial charge on any atom is 0.0713 e. The highest BCUT2D eigenvalue weighted by Gasteiger charge is 2.01. The molecule has 0 aliphatic rings. The average molecular weight is 257 g/mol. The molecule has 0 aliphatic carbocycles. The Balaban J connectivity index is 2.74. The molecule has 0 unspecified atom stereocenters. The van der Waals surface area contributed by atoms with Crippen molar-refractivity contribution in [2.45, 2.75) is 5.88 Å². The number of nitrogens with zero attached hydrogens (tertiary/aromatic N) is 1. The second-order valence-electron chi connectivity index (χ2n) is 2.77. The van der Waals surface area contributed by atoms with Crippen molar-refractivity contribution in [2.75, 3.05) is 0 Å². The molecule has 3 heteroatoms. The molecule has 0 saturated carbocycles. The summed E-state index contributed by atoms with van der Waals surface area (Å²) in [5, 5.41) is 1.13. The molecule has 0 saturated heterocycles. The summed E-state index contributed by atoms with van der Waals surface area (Å²) in [7, 11) is 0. The van der Waals surface area contributed by atoms with Crippen LogP contribution in [0.25, 0.3) is 10.9 Å². The highest BCUT2D eigenvalue weighted by molar-refractivity contribution is 9.10. The van der Waals surface area contributed by atoms with Gasteiger partial charge in [-0.25, -0.2) is 0 Å². The quantitative estimate of drug-likeness (QED) is 0.708. The number of hydrogen-bond acceptors (Lipinski definition) is 1. The predicted molar refractivity (Wildman–Crippen MR) is 59.0 cm³/mol. The number of pyridine rings is 1. The second kappa shape index (κ2) is 3.64. The molecule has 1 heterocycles. The van der Waals surface area contributed by atoms with E-state index in [9.17, 15) is 0 Å². The third-order valence-electron chi connectivity index (χ3n) is 1.92. The lowest BCUT2D eigenvalue weighted by Crippen LogP contribution is -1.83. The van der Waals surface area contributed by atoms with Gasteiger partial charge in [0, 0.05) is 21.9 Å². The molecule has 0 atom stereocenters. The minimum atomic E-state index is 0.519. The molecular formula is C10H7BrClN. The molecule has 0 amide bonds. The minimum Gasteiger partial charge on any atom is -0.256 e. The van der Waals surface area contributed by atoms with E-state index in [1.54, 1.807) is 6.20 Å². The maximum absolute atomic E-state index is 5.78. The first-order valence-corrected chi connectivity index (χ1v) is 5.23. The molecule has 2 aromatic rings. The summed E-state index contributed by atoms with van der Waals surface area (Å²) >= 11 is 9.24. The molecule has 1 nitrogen and oxygen atoms in total. The van der Waals surface area contributed by atoms with Gasteiger partial charge in [0.25, 0.3) is 0 Å². The first kappa shape index (κ1) is 8.97. The monoisotopic (exact) mass is 255 g/mol. The summed E-state index contributed by atoms with van der Waals surface area (Å²) < 4.78 is 1.02. The van der Waals surface area contributed by atoms with E-state index >= 15 is 0 Å². The molecule has 1 aromatic heterocycles. The molecule has 0 N–H and O–H groups in total. The van der Waals surface area contributed by atoms with E-state index in [4.69, 9.17) is 11.6 Å². The van der Waals surface area contributed by atoms with Crippen LogP contribution in [0.4, 0.5) is 0 Å². The molecule has 2 rings (SSSR count). The molecular weight excluding hydrogens is 249 g/mol. The Labute approximate surface area is 89.9 Å². The van der Waals surface area contributed by atoms with Gasteiger partial charge in [-0.05, 0) is 23.8 Å². The van der Waals surface area contributed by atoms with Gasteiger partial charge in [0.2, 0.25) is 0 Å². The summed E-state index contributed by atoms with van der Waals surface area (Å²) in [6.45, 7) is 0. The molecule has 66 valence electrons. The zero-order valence-corrected chi connectivity index (χ0v) is 9.14. The Morgan fingerprint density at radius 1 is 1.38 bits per heavy atom. The van der Waals surface area contributed by atoms with Crippen LogP contribution in [0.2, 0.25) is 0 Å². The van der Waals surface area contributed by atoms with Crippen molar-refractivity contribution in [3.63, 3.8) is 0 Å². The van der Waals surface area contributed by atoms with Crippen molar-refractivity contribution in [1.29, 1.82) is 0 Å². The van der Waals surface area contributed by atoms with Gasteiger partial charge in [-0.2, -0.15) is 0 Å². The summed E-state index contributed by atoms with van der Waals surface area (Å²) in [6.07, 6.45) is 1.79. The number of halogens is 2. The lowest BCUT2D eigenvalue weighted by Gasteiger charge is -2.02. The van der Waals surface area contributed by atoms with E-state index in [-0.39, 0.29) is 0 Å². The highest BCUT2D eigenvalue weighted by atomic mass is 79.9. The molecule has 1 aromatic carbocycles. The Morgan fingerprint density at radius 2 is 2.23 bits per heavy atom. The number of aromatic nitrogens is 1. The maximum atomic E-state index is 5.78. The van der Waals surface area contributed by atoms with Crippen LogP contribution in [0.1, 0.15) is 5.56 Å². The smallest absolute Gasteiger partial charge is 0.0713 e. The molecule has 13 heavy (non-hydrogen) atoms. The average Bonchev–Trinajstić information content (AvgIpc) is 2.17. The minimum absolute atomic E-state index is 0.519. The molecule has 0 radical (unpaired) electrons. The van der Waals surface area contributed by atoms with Gasteiger partial charge in [-0.15, -0.1) is 11.6 Å². The lowest BCUT2D eigenvalue weighted by molar-refractivity contribution is 1.35. The third kappa shape index (κ3) is 1.69. The van der Waals surface area contributed by atoms with Crippen molar-refractivity contribution in [1.82, 2.24) is 4.98 Å². The highest BCUT2D eigenvalue weighted by Crippen LogP contribution is 2.24. The fraction of sp³-hybridized carbons (Fsp3) is 0.100. The fourth-order valence-electron chi connectivity index (χ4n) is 1.24. The number of fused-ring (bicyclic) bond motifs is 1. The Hall–Kier alpha value is -0.600. The second-order valence-corrected chi connectivity index (χ2v) is 3.89. The van der Waals surface area contributed by atoms with Crippen LogP contribution in [-0.2, 0) is 5.88 Å². The van der Waals surface area contributed by atoms with Crippen LogP contribution in [-0.4, -0.2) is 4.98 Å². The number of hydrogen-bond donors (Lipinski definition) is 0. The number of alkyl halides is 1. The normalized spacial score (nSPS) is 10.6. The Morgan fingerprint density at radius 3 is 3.00 bits per heavy atom. The summed E-state index contributed by atoms with van der Waals surface area (Å²) in [5.41, 5.74) is 2.09. The zero-order chi connectivity index (χ0) is 9.26. The topological polar surface area (TPSA) is 12.9 Å². The van der Waals surface area contributed by atoms with Gasteiger partial charge >= 0.3 is 0 Å². The SMILES string of the molecule is ClCc1cc2cccnc2cc1Br. The number of rotatable bonds is 1. The van der Waals surface area contributed by atoms with E-state index < -0.39 is 0 Å². The largest absolute Gasteiger partial charge is 0.256 e. The van der Waals surface area contributed by atoms with Gasteiger partial charge in [0.15, 0.2) is 0 Å². The van der Waals surface area contributed by atoms with Gasteiger partial charge in [0.05, 0.1) is 5.52 Å². The first-order valence-electron chi connectivity index (χ1n) is 3.90. The van der Waals surface area contributed by atoms with Gasteiger partial charge in [-0.3, -0.25) is 4.98 Å². The number of benzene rings is 1. The predicted octanol–water partition coefficient (Wildman–Crippen LogP) is 3.74. The van der Waals surface area contributed by atoms with Crippen LogP contribution < -0.4 is 0 Å². The lowest BCUT2D eigenvalue weighted by atomic mass is 10.1. The zero-order valence-electron chi connectivity index (χ0n) is 6.80. The van der Waals surface area contributed by atoms with Crippen LogP contribution in [0, 0.1) is 0 Å². The summed E-state index contributed by atoms with van der Waals surface area (Å²) in [5.74, 6) is 0.519. The summed E-state index contributed by atoms with van der Waals surface area (Å²) in [4.78, 5) is 4.24. The van der Waals surface area contributed by atoms with Gasteiger partial charge in [0.1, 0.15) is 0 Å². The van der Waals surface area contributed by atoms with Gasteiger partial charge < -0.3 is 0 Å². The molecule has 0 fully saturated rings. The van der Waals surface area contributed by atoms with Crippen molar-refractivity contribution in [3.8, 4) is 0 Å². The standard InChI is InChI=1S/C10H7BrClN/c11-9-5-10-7(2-1-3-13-10)4-8(9)6-12/h1-5H,6H2. The van der Waals surface area contributed by atoms with E-state index in [0.717, 1.165) is 20.9 Å². The van der Waals surface area contributed by atoms with Crippen LogP contribution >= 0.6 is 27.5 Å². The Bertz CT molecular complexity index is 442. The first-order chi connectivity index (χ1) is 6.31. The van der Waals surface area contributed by atoms with E-state index in [2.05, 4.69) is 27.0 Å². The molecule has 0 spiro atoms. The van der Waals surface area contributed by atoms with Crippen molar-refractivity contribution in [3.05, 3.63) is 40.5 Å². The fourth-order valence-corrected chi connectivity index (χ4v) is 2.10. The third-order valence-corrected chi connectivity index (χ3v) is 2.94. The van der Waals surface area contributed by atoms with Gasteiger partial charge in [-0.1, -0.05) is 22.0 Å². The van der Waals surface area contributed by atoms with E-state index in [1.165, 1.54) is 0 Å². The van der Waals surface area contributed by atoms with E-state index in [1.807, 2.05) is 18.2 Å². The summed E-state index contributed by atoms with van der Waals surface area (Å²) in [6, 6.07) is 8.01.